The summed E-state index contributed by atoms with van der Waals surface area (Å²) in [6.07, 6.45) is -1.13. The van der Waals surface area contributed by atoms with E-state index in [2.05, 4.69) is 5.32 Å². The molecule has 2 rings (SSSR count). The monoisotopic (exact) mass is 270 g/mol. The number of ether oxygens (including phenoxy) is 1. The van der Waals surface area contributed by atoms with Crippen molar-refractivity contribution in [3.63, 3.8) is 0 Å². The normalized spacial score (nSPS) is 17.6. The third-order valence-corrected chi connectivity index (χ3v) is 3.26. The van der Waals surface area contributed by atoms with Gasteiger partial charge in [-0.05, 0) is 12.1 Å². The van der Waals surface area contributed by atoms with E-state index in [4.69, 9.17) is 16.3 Å². The highest BCUT2D eigenvalue weighted by Gasteiger charge is 2.29. The third kappa shape index (κ3) is 2.29. The summed E-state index contributed by atoms with van der Waals surface area (Å²) in [5.41, 5.74) is 1.92. The predicted molar refractivity (Wildman–Crippen MR) is 70.2 cm³/mol. The Kier molecular flexibility index (Phi) is 3.75. The number of methoxy groups -OCH3 is 1. The minimum atomic E-state index is -1.13. The number of halogens is 1. The molecule has 1 aromatic carbocycles. The number of likely N-dealkylation sites (N-methyl/N-ethyl adjacent to an activating group) is 1. The minimum Gasteiger partial charge on any atom is -0.383 e. The highest BCUT2D eigenvalue weighted by atomic mass is 35.5. The van der Waals surface area contributed by atoms with Crippen molar-refractivity contribution >= 4 is 28.9 Å². The highest BCUT2D eigenvalue weighted by molar-refractivity contribution is 6.33. The van der Waals surface area contributed by atoms with Gasteiger partial charge in [-0.25, -0.2) is 0 Å². The van der Waals surface area contributed by atoms with Gasteiger partial charge in [0, 0.05) is 32.0 Å². The van der Waals surface area contributed by atoms with Gasteiger partial charge in [0.2, 0.25) is 0 Å². The molecular formula is C12H15ClN2O3. The number of carbonyl (C=O) groups is 1. The zero-order chi connectivity index (χ0) is 13.3. The van der Waals surface area contributed by atoms with E-state index in [0.717, 1.165) is 5.69 Å². The summed E-state index contributed by atoms with van der Waals surface area (Å²) in [5, 5.41) is 12.8. The number of aliphatic hydroxyl groups excluding tert-OH is 1. The van der Waals surface area contributed by atoms with Gasteiger partial charge < -0.3 is 20.1 Å². The van der Waals surface area contributed by atoms with Crippen LogP contribution in [0.1, 0.15) is 11.7 Å². The first-order chi connectivity index (χ1) is 8.54. The Morgan fingerprint density at radius 2 is 2.28 bits per heavy atom. The summed E-state index contributed by atoms with van der Waals surface area (Å²) in [7, 11) is 3.52. The molecular weight excluding hydrogens is 256 g/mol. The molecule has 0 aromatic heterocycles. The number of aliphatic hydroxyl groups is 1. The minimum absolute atomic E-state index is 0.419. The predicted octanol–water partition coefficient (Wildman–Crippen LogP) is 1.41. The molecule has 1 atom stereocenters. The molecule has 1 heterocycles. The number of nitrogens with one attached hydrogen (secondary N) is 1. The number of carbonyl (C=O) groups excluding carboxylic acids is 1. The van der Waals surface area contributed by atoms with Gasteiger partial charge in [0.05, 0.1) is 17.3 Å². The van der Waals surface area contributed by atoms with Crippen LogP contribution in [-0.2, 0) is 9.53 Å². The van der Waals surface area contributed by atoms with Crippen LogP contribution in [-0.4, -0.2) is 38.3 Å². The average Bonchev–Trinajstić information content (AvgIpc) is 2.62. The summed E-state index contributed by atoms with van der Waals surface area (Å²) < 4.78 is 5.01. The van der Waals surface area contributed by atoms with Crippen molar-refractivity contribution < 1.29 is 14.6 Å². The maximum absolute atomic E-state index is 11.4. The zero-order valence-electron chi connectivity index (χ0n) is 10.2. The molecule has 1 amide bonds. The van der Waals surface area contributed by atoms with Crippen molar-refractivity contribution in [2.45, 2.75) is 6.10 Å². The number of hydrogen-bond donors (Lipinski definition) is 2. The van der Waals surface area contributed by atoms with Gasteiger partial charge in [-0.15, -0.1) is 0 Å². The molecule has 1 aromatic rings. The molecule has 0 saturated carbocycles. The number of fused-ring (bicyclic) bond motifs is 1. The Bertz CT molecular complexity index is 479. The smallest absolute Gasteiger partial charge is 0.257 e. The van der Waals surface area contributed by atoms with Crippen LogP contribution in [0.4, 0.5) is 11.4 Å². The fourth-order valence-corrected chi connectivity index (χ4v) is 2.21. The SMILES string of the molecule is COCCN(C)c1cc2c(cc1Cl)C(O)C(=O)N2. The molecule has 0 saturated heterocycles. The molecule has 1 unspecified atom stereocenters. The van der Waals surface area contributed by atoms with Crippen molar-refractivity contribution in [1.29, 1.82) is 0 Å². The standard InChI is InChI=1S/C12H15ClN2O3/c1-15(3-4-18-2)10-6-9-7(5-8(10)13)11(16)12(17)14-9/h5-6,11,16H,3-4H2,1-2H3,(H,14,17). The van der Waals surface area contributed by atoms with Gasteiger partial charge in [-0.3, -0.25) is 4.79 Å². The molecule has 1 aliphatic rings. The molecule has 0 aliphatic carbocycles. The average molecular weight is 271 g/mol. The summed E-state index contributed by atoms with van der Waals surface area (Å²) in [4.78, 5) is 13.3. The number of benzene rings is 1. The highest BCUT2D eigenvalue weighted by Crippen LogP contribution is 2.38. The van der Waals surface area contributed by atoms with Crippen LogP contribution >= 0.6 is 11.6 Å². The molecule has 0 bridgehead atoms. The van der Waals surface area contributed by atoms with Crippen LogP contribution in [0.25, 0.3) is 0 Å². The van der Waals surface area contributed by atoms with E-state index in [1.54, 1.807) is 19.2 Å². The number of hydrogen-bond acceptors (Lipinski definition) is 4. The maximum atomic E-state index is 11.4. The van der Waals surface area contributed by atoms with Gasteiger partial charge in [-0.2, -0.15) is 0 Å². The Balaban J connectivity index is 2.29. The van der Waals surface area contributed by atoms with Crippen molar-refractivity contribution in [2.24, 2.45) is 0 Å². The Labute approximate surface area is 110 Å². The number of nitrogens with zero attached hydrogens (tertiary/aromatic N) is 1. The van der Waals surface area contributed by atoms with E-state index >= 15 is 0 Å². The van der Waals surface area contributed by atoms with Crippen molar-refractivity contribution in [3.8, 4) is 0 Å². The first-order valence-corrected chi connectivity index (χ1v) is 5.95. The Morgan fingerprint density at radius 3 is 2.94 bits per heavy atom. The first-order valence-electron chi connectivity index (χ1n) is 5.57. The van der Waals surface area contributed by atoms with Crippen molar-refractivity contribution in [1.82, 2.24) is 0 Å². The third-order valence-electron chi connectivity index (χ3n) is 2.96. The van der Waals surface area contributed by atoms with Crippen LogP contribution < -0.4 is 10.2 Å². The van der Waals surface area contributed by atoms with E-state index in [1.165, 1.54) is 0 Å². The second kappa shape index (κ2) is 5.14. The lowest BCUT2D eigenvalue weighted by Gasteiger charge is -2.21. The maximum Gasteiger partial charge on any atom is 0.257 e. The fourth-order valence-electron chi connectivity index (χ4n) is 1.90. The zero-order valence-corrected chi connectivity index (χ0v) is 11.0. The van der Waals surface area contributed by atoms with Crippen LogP contribution in [0, 0.1) is 0 Å². The van der Waals surface area contributed by atoms with Crippen molar-refractivity contribution in [3.05, 3.63) is 22.7 Å². The number of rotatable bonds is 4. The van der Waals surface area contributed by atoms with Gasteiger partial charge in [-0.1, -0.05) is 11.6 Å². The molecule has 1 aliphatic heterocycles. The molecule has 6 heteroatoms. The van der Waals surface area contributed by atoms with E-state index in [-0.39, 0.29) is 0 Å². The van der Waals surface area contributed by atoms with Crippen LogP contribution in [0.5, 0.6) is 0 Å². The van der Waals surface area contributed by atoms with Crippen molar-refractivity contribution in [2.75, 3.05) is 37.5 Å². The topological polar surface area (TPSA) is 61.8 Å². The summed E-state index contributed by atoms with van der Waals surface area (Å²) in [5.74, 6) is -0.419. The van der Waals surface area contributed by atoms with E-state index in [9.17, 15) is 9.90 Å². The van der Waals surface area contributed by atoms with Crippen LogP contribution in [0.15, 0.2) is 12.1 Å². The van der Waals surface area contributed by atoms with E-state index < -0.39 is 12.0 Å². The number of anilines is 2. The Morgan fingerprint density at radius 1 is 1.56 bits per heavy atom. The molecule has 0 radical (unpaired) electrons. The van der Waals surface area contributed by atoms with Crippen LogP contribution in [0.3, 0.4) is 0 Å². The van der Waals surface area contributed by atoms with Gasteiger partial charge >= 0.3 is 0 Å². The molecule has 0 fully saturated rings. The van der Waals surface area contributed by atoms with E-state index in [0.29, 0.717) is 29.4 Å². The molecule has 2 N–H and O–H groups in total. The fraction of sp³-hybridized carbons (Fsp3) is 0.417. The second-order valence-corrected chi connectivity index (χ2v) is 4.60. The first kappa shape index (κ1) is 13.1. The summed E-state index contributed by atoms with van der Waals surface area (Å²) in [6, 6.07) is 3.39. The molecule has 18 heavy (non-hydrogen) atoms. The lowest BCUT2D eigenvalue weighted by Crippen LogP contribution is -2.22. The Hall–Kier alpha value is -1.30. The van der Waals surface area contributed by atoms with Gasteiger partial charge in [0.1, 0.15) is 0 Å². The largest absolute Gasteiger partial charge is 0.383 e. The van der Waals surface area contributed by atoms with Gasteiger partial charge in [0.15, 0.2) is 6.10 Å². The molecule has 0 spiro atoms. The second-order valence-electron chi connectivity index (χ2n) is 4.20. The van der Waals surface area contributed by atoms with E-state index in [1.807, 2.05) is 11.9 Å². The lowest BCUT2D eigenvalue weighted by molar-refractivity contribution is -0.123. The quantitative estimate of drug-likeness (QED) is 0.868. The molecule has 98 valence electrons. The van der Waals surface area contributed by atoms with Gasteiger partial charge in [0.25, 0.3) is 5.91 Å². The van der Waals surface area contributed by atoms with Crippen LogP contribution in [0.2, 0.25) is 5.02 Å². The molecule has 5 nitrogen and oxygen atoms in total. The summed E-state index contributed by atoms with van der Waals surface area (Å²) in [6.45, 7) is 1.27. The lowest BCUT2D eigenvalue weighted by atomic mass is 10.1. The number of amides is 1. The summed E-state index contributed by atoms with van der Waals surface area (Å²) >= 11 is 6.16.